The summed E-state index contributed by atoms with van der Waals surface area (Å²) < 4.78 is 5.78. The van der Waals surface area contributed by atoms with E-state index in [0.29, 0.717) is 12.1 Å². The molecule has 0 saturated heterocycles. The van der Waals surface area contributed by atoms with E-state index in [1.807, 2.05) is 0 Å². The molecule has 0 heterocycles. The first-order valence-corrected chi connectivity index (χ1v) is 6.07. The quantitative estimate of drug-likeness (QED) is 0.649. The molecule has 0 spiro atoms. The van der Waals surface area contributed by atoms with Gasteiger partial charge in [0, 0.05) is 12.6 Å². The Morgan fingerprint density at radius 2 is 2.07 bits per heavy atom. The molecule has 0 bridgehead atoms. The predicted molar refractivity (Wildman–Crippen MR) is 60.5 cm³/mol. The molecular weight excluding hydrogens is 174 g/mol. The molecule has 0 aromatic carbocycles. The second-order valence-electron chi connectivity index (χ2n) is 4.68. The summed E-state index contributed by atoms with van der Waals surface area (Å²) in [5, 5.41) is 3.49. The summed E-state index contributed by atoms with van der Waals surface area (Å²) in [5.41, 5.74) is 0. The normalized spacial score (nSPS) is 20.8. The van der Waals surface area contributed by atoms with Crippen LogP contribution in [0.2, 0.25) is 0 Å². The van der Waals surface area contributed by atoms with Crippen molar-refractivity contribution in [3.8, 4) is 0 Å². The number of hydrogen-bond acceptors (Lipinski definition) is 2. The van der Waals surface area contributed by atoms with E-state index in [0.717, 1.165) is 25.5 Å². The van der Waals surface area contributed by atoms with Gasteiger partial charge in [-0.25, -0.2) is 0 Å². The Hall–Kier alpha value is -0.0800. The Balaban J connectivity index is 1.96. The van der Waals surface area contributed by atoms with Crippen molar-refractivity contribution < 1.29 is 4.74 Å². The van der Waals surface area contributed by atoms with Gasteiger partial charge in [0.25, 0.3) is 0 Å². The lowest BCUT2D eigenvalue weighted by molar-refractivity contribution is 0.0471. The SMILES string of the molecule is CCCNC(C)CC(C)OCC1CC1. The molecule has 14 heavy (non-hydrogen) atoms. The summed E-state index contributed by atoms with van der Waals surface area (Å²) in [6.07, 6.45) is 5.52. The minimum Gasteiger partial charge on any atom is -0.378 e. The fourth-order valence-electron chi connectivity index (χ4n) is 1.62. The van der Waals surface area contributed by atoms with E-state index in [1.54, 1.807) is 0 Å². The van der Waals surface area contributed by atoms with Crippen LogP contribution in [0.5, 0.6) is 0 Å². The molecule has 0 amide bonds. The molecule has 2 atom stereocenters. The average Bonchev–Trinajstić information content (AvgIpc) is 2.95. The molecule has 2 nitrogen and oxygen atoms in total. The minimum absolute atomic E-state index is 0.412. The lowest BCUT2D eigenvalue weighted by Gasteiger charge is -2.18. The van der Waals surface area contributed by atoms with Crippen molar-refractivity contribution in [1.29, 1.82) is 0 Å². The second-order valence-corrected chi connectivity index (χ2v) is 4.68. The first-order valence-electron chi connectivity index (χ1n) is 6.07. The van der Waals surface area contributed by atoms with Crippen molar-refractivity contribution in [2.75, 3.05) is 13.2 Å². The number of nitrogens with one attached hydrogen (secondary N) is 1. The molecule has 1 aliphatic rings. The molecule has 0 aliphatic heterocycles. The van der Waals surface area contributed by atoms with Crippen LogP contribution >= 0.6 is 0 Å². The zero-order valence-corrected chi connectivity index (χ0v) is 9.88. The molecule has 0 radical (unpaired) electrons. The highest BCUT2D eigenvalue weighted by Gasteiger charge is 2.22. The van der Waals surface area contributed by atoms with Gasteiger partial charge in [0.15, 0.2) is 0 Å². The molecule has 1 fully saturated rings. The van der Waals surface area contributed by atoms with Gasteiger partial charge in [-0.05, 0) is 52.0 Å². The lowest BCUT2D eigenvalue weighted by atomic mass is 10.1. The van der Waals surface area contributed by atoms with E-state index < -0.39 is 0 Å². The lowest BCUT2D eigenvalue weighted by Crippen LogP contribution is -2.30. The Morgan fingerprint density at radius 1 is 1.36 bits per heavy atom. The van der Waals surface area contributed by atoms with E-state index in [2.05, 4.69) is 26.1 Å². The predicted octanol–water partition coefficient (Wildman–Crippen LogP) is 2.58. The Morgan fingerprint density at radius 3 is 2.64 bits per heavy atom. The van der Waals surface area contributed by atoms with Crippen LogP contribution < -0.4 is 5.32 Å². The Kier molecular flexibility index (Phi) is 5.49. The van der Waals surface area contributed by atoms with Gasteiger partial charge < -0.3 is 10.1 Å². The average molecular weight is 199 g/mol. The maximum absolute atomic E-state index is 5.78. The molecule has 2 unspecified atom stereocenters. The highest BCUT2D eigenvalue weighted by atomic mass is 16.5. The minimum atomic E-state index is 0.412. The highest BCUT2D eigenvalue weighted by Crippen LogP contribution is 2.29. The number of ether oxygens (including phenoxy) is 1. The summed E-state index contributed by atoms with van der Waals surface area (Å²) in [7, 11) is 0. The van der Waals surface area contributed by atoms with E-state index in [9.17, 15) is 0 Å². The van der Waals surface area contributed by atoms with Crippen LogP contribution in [0.1, 0.15) is 46.5 Å². The smallest absolute Gasteiger partial charge is 0.0561 e. The van der Waals surface area contributed by atoms with Gasteiger partial charge in [-0.3, -0.25) is 0 Å². The van der Waals surface area contributed by atoms with Crippen LogP contribution in [0, 0.1) is 5.92 Å². The molecule has 1 N–H and O–H groups in total. The molecule has 1 rings (SSSR count). The van der Waals surface area contributed by atoms with Crippen LogP contribution in [0.25, 0.3) is 0 Å². The van der Waals surface area contributed by atoms with Crippen molar-refractivity contribution in [2.45, 2.75) is 58.6 Å². The zero-order chi connectivity index (χ0) is 10.4. The summed E-state index contributed by atoms with van der Waals surface area (Å²) in [4.78, 5) is 0. The highest BCUT2D eigenvalue weighted by molar-refractivity contribution is 4.73. The molecule has 1 saturated carbocycles. The summed E-state index contributed by atoms with van der Waals surface area (Å²) in [6, 6.07) is 0.587. The standard InChI is InChI=1S/C12H25NO/c1-4-7-13-10(2)8-11(3)14-9-12-5-6-12/h10-13H,4-9H2,1-3H3. The topological polar surface area (TPSA) is 21.3 Å². The van der Waals surface area contributed by atoms with Crippen molar-refractivity contribution in [3.63, 3.8) is 0 Å². The fourth-order valence-corrected chi connectivity index (χ4v) is 1.62. The van der Waals surface area contributed by atoms with Gasteiger partial charge in [0.2, 0.25) is 0 Å². The van der Waals surface area contributed by atoms with Crippen molar-refractivity contribution >= 4 is 0 Å². The third kappa shape index (κ3) is 5.61. The summed E-state index contributed by atoms with van der Waals surface area (Å²) >= 11 is 0. The van der Waals surface area contributed by atoms with Crippen LogP contribution in [-0.4, -0.2) is 25.3 Å². The van der Waals surface area contributed by atoms with E-state index in [1.165, 1.54) is 19.3 Å². The molecule has 84 valence electrons. The Labute approximate surface area is 88.4 Å². The van der Waals surface area contributed by atoms with Gasteiger partial charge in [-0.15, -0.1) is 0 Å². The summed E-state index contributed by atoms with van der Waals surface area (Å²) in [5.74, 6) is 0.886. The fraction of sp³-hybridized carbons (Fsp3) is 1.00. The molecule has 0 aromatic rings. The number of rotatable bonds is 8. The molecule has 0 aromatic heterocycles. The third-order valence-corrected chi connectivity index (χ3v) is 2.74. The monoisotopic (exact) mass is 199 g/mol. The van der Waals surface area contributed by atoms with Crippen molar-refractivity contribution in [2.24, 2.45) is 5.92 Å². The first-order chi connectivity index (χ1) is 6.72. The van der Waals surface area contributed by atoms with Crippen molar-refractivity contribution in [3.05, 3.63) is 0 Å². The van der Waals surface area contributed by atoms with Crippen LogP contribution in [-0.2, 0) is 4.74 Å². The third-order valence-electron chi connectivity index (χ3n) is 2.74. The van der Waals surface area contributed by atoms with Crippen LogP contribution in [0.4, 0.5) is 0 Å². The van der Waals surface area contributed by atoms with E-state index in [4.69, 9.17) is 4.74 Å². The van der Waals surface area contributed by atoms with Gasteiger partial charge in [-0.2, -0.15) is 0 Å². The van der Waals surface area contributed by atoms with Gasteiger partial charge in [0.1, 0.15) is 0 Å². The van der Waals surface area contributed by atoms with Crippen LogP contribution in [0.15, 0.2) is 0 Å². The Bertz CT molecular complexity index is 145. The molecule has 1 aliphatic carbocycles. The number of hydrogen-bond donors (Lipinski definition) is 1. The molecular formula is C12H25NO. The van der Waals surface area contributed by atoms with Crippen LogP contribution in [0.3, 0.4) is 0 Å². The summed E-state index contributed by atoms with van der Waals surface area (Å²) in [6.45, 7) is 8.74. The van der Waals surface area contributed by atoms with E-state index >= 15 is 0 Å². The van der Waals surface area contributed by atoms with E-state index in [-0.39, 0.29) is 0 Å². The second kappa shape index (κ2) is 6.41. The maximum atomic E-state index is 5.78. The zero-order valence-electron chi connectivity index (χ0n) is 9.88. The van der Waals surface area contributed by atoms with Gasteiger partial charge in [0.05, 0.1) is 6.10 Å². The van der Waals surface area contributed by atoms with Gasteiger partial charge >= 0.3 is 0 Å². The maximum Gasteiger partial charge on any atom is 0.0561 e. The van der Waals surface area contributed by atoms with Gasteiger partial charge in [-0.1, -0.05) is 6.92 Å². The largest absolute Gasteiger partial charge is 0.378 e. The first kappa shape index (κ1) is 12.0. The van der Waals surface area contributed by atoms with Crippen molar-refractivity contribution in [1.82, 2.24) is 5.32 Å². The molecule has 2 heteroatoms.